The first-order chi connectivity index (χ1) is 24.1. The average Bonchev–Trinajstić information content (AvgIpc) is 3.76. The fraction of sp³-hybridized carbons (Fsp3) is 0.692. The first-order valence-electron chi connectivity index (χ1n) is 18.7. The predicted molar refractivity (Wildman–Crippen MR) is 193 cm³/mol. The van der Waals surface area contributed by atoms with Crippen molar-refractivity contribution in [1.82, 2.24) is 20.9 Å². The van der Waals surface area contributed by atoms with E-state index in [4.69, 9.17) is 9.57 Å². The number of likely N-dealkylation sites (N-methyl/N-ethyl adjacent to an activating group) is 1. The van der Waals surface area contributed by atoms with E-state index in [0.29, 0.717) is 25.0 Å². The maximum Gasteiger partial charge on any atom is 0.289 e. The van der Waals surface area contributed by atoms with Gasteiger partial charge in [-0.3, -0.25) is 24.0 Å². The number of aryl methyl sites for hydroxylation is 2. The van der Waals surface area contributed by atoms with E-state index in [-0.39, 0.29) is 30.7 Å². The molecular formula is C39H57N5O7. The number of methoxy groups -OCH3 is 1. The lowest BCUT2D eigenvalue weighted by atomic mass is 9.85. The molecule has 4 atom stereocenters. The molecule has 1 aromatic carbocycles. The van der Waals surface area contributed by atoms with Crippen LogP contribution in [0.5, 0.6) is 5.75 Å². The molecular weight excluding hydrogens is 650 g/mol. The van der Waals surface area contributed by atoms with Gasteiger partial charge in [0, 0.05) is 31.9 Å². The van der Waals surface area contributed by atoms with Crippen molar-refractivity contribution < 1.29 is 33.5 Å². The summed E-state index contributed by atoms with van der Waals surface area (Å²) >= 11 is 0. The topological polar surface area (TPSA) is 156 Å². The van der Waals surface area contributed by atoms with E-state index in [0.717, 1.165) is 61.0 Å². The maximum absolute atomic E-state index is 14.7. The van der Waals surface area contributed by atoms with Crippen LogP contribution >= 0.6 is 0 Å². The van der Waals surface area contributed by atoms with Crippen LogP contribution in [0.25, 0.3) is 0 Å². The van der Waals surface area contributed by atoms with E-state index in [2.05, 4.69) is 21.1 Å². The number of rotatable bonds is 12. The zero-order valence-corrected chi connectivity index (χ0v) is 31.5. The van der Waals surface area contributed by atoms with Crippen LogP contribution in [-0.4, -0.2) is 84.5 Å². The molecule has 12 heteroatoms. The molecule has 2 aliphatic heterocycles. The van der Waals surface area contributed by atoms with Gasteiger partial charge in [0.2, 0.25) is 23.5 Å². The number of nitrogens with zero attached hydrogens (tertiary/aromatic N) is 2. The molecule has 0 unspecified atom stereocenters. The summed E-state index contributed by atoms with van der Waals surface area (Å²) in [5.74, 6) is -1.26. The van der Waals surface area contributed by atoms with Gasteiger partial charge in [0.25, 0.3) is 5.91 Å². The summed E-state index contributed by atoms with van der Waals surface area (Å²) < 4.78 is 5.55. The van der Waals surface area contributed by atoms with Crippen molar-refractivity contribution in [3.63, 3.8) is 0 Å². The summed E-state index contributed by atoms with van der Waals surface area (Å²) in [6.45, 7) is 9.69. The van der Waals surface area contributed by atoms with Crippen LogP contribution in [-0.2, 0) is 28.8 Å². The molecule has 2 heterocycles. The Kier molecular flexibility index (Phi) is 11.8. The molecule has 0 bridgehead atoms. The second kappa shape index (κ2) is 15.7. The number of likely N-dealkylation sites (tertiary alicyclic amines) is 1. The number of hydrogen-bond acceptors (Lipinski definition) is 8. The fourth-order valence-corrected chi connectivity index (χ4v) is 8.06. The monoisotopic (exact) mass is 707 g/mol. The number of carbonyl (C=O) groups is 5. The smallest absolute Gasteiger partial charge is 0.289 e. The Morgan fingerprint density at radius 1 is 0.980 bits per heavy atom. The molecule has 3 N–H and O–H groups in total. The van der Waals surface area contributed by atoms with Crippen molar-refractivity contribution in [2.45, 2.75) is 135 Å². The largest absolute Gasteiger partial charge is 0.496 e. The Balaban J connectivity index is 1.41. The van der Waals surface area contributed by atoms with E-state index in [9.17, 15) is 24.0 Å². The lowest BCUT2D eigenvalue weighted by molar-refractivity contribution is -0.145. The van der Waals surface area contributed by atoms with Gasteiger partial charge in [-0.1, -0.05) is 64.5 Å². The highest BCUT2D eigenvalue weighted by Crippen LogP contribution is 2.41. The highest BCUT2D eigenvalue weighted by molar-refractivity contribution is 6.38. The third kappa shape index (κ3) is 9.10. The zero-order valence-electron chi connectivity index (χ0n) is 31.5. The summed E-state index contributed by atoms with van der Waals surface area (Å²) in [5, 5.41) is 12.8. The predicted octanol–water partition coefficient (Wildman–Crippen LogP) is 4.27. The molecule has 4 aliphatic rings. The van der Waals surface area contributed by atoms with Crippen LogP contribution in [0.3, 0.4) is 0 Å². The standard InChI is InChI=1S/C39H57N5O7/c1-23-16-27(17-24(2)33(23)50-7)29-20-39(51-43-29)21-30(35(47)41-28(18-26-14-15-26)32(46)36(48)40-6)44(22-39)37(49)34(38(3,4)5)42-31(45)19-25-12-10-8-9-11-13-25/h16-17,25-26,28,30,34H,8-15,18-22H2,1-7H3,(H,40,48)(H,41,47)(H,42,45)/t28-,30-,34+,39+/m0/s1. The summed E-state index contributed by atoms with van der Waals surface area (Å²) in [5.41, 5.74) is 1.79. The zero-order chi connectivity index (χ0) is 37.1. The second-order valence-electron chi connectivity index (χ2n) is 16.4. The number of hydrogen-bond donors (Lipinski definition) is 3. The normalized spacial score (nSPS) is 23.5. The molecule has 1 saturated heterocycles. The molecule has 51 heavy (non-hydrogen) atoms. The number of amides is 4. The van der Waals surface area contributed by atoms with Crippen LogP contribution in [0.1, 0.15) is 115 Å². The molecule has 0 radical (unpaired) electrons. The van der Waals surface area contributed by atoms with E-state index in [1.807, 2.05) is 46.8 Å². The molecule has 1 aromatic rings. The van der Waals surface area contributed by atoms with Crippen LogP contribution in [0.2, 0.25) is 0 Å². The summed E-state index contributed by atoms with van der Waals surface area (Å²) in [7, 11) is 3.02. The third-order valence-corrected chi connectivity index (χ3v) is 11.0. The number of ketones is 1. The van der Waals surface area contributed by atoms with Crippen molar-refractivity contribution in [2.75, 3.05) is 20.7 Å². The van der Waals surface area contributed by atoms with Crippen molar-refractivity contribution in [1.29, 1.82) is 0 Å². The van der Waals surface area contributed by atoms with Crippen LogP contribution in [0, 0.1) is 31.1 Å². The summed E-state index contributed by atoms with van der Waals surface area (Å²) in [6, 6.07) is 1.03. The Hall–Kier alpha value is -3.96. The molecule has 12 nitrogen and oxygen atoms in total. The second-order valence-corrected chi connectivity index (χ2v) is 16.4. The SMILES string of the molecule is CNC(=O)C(=O)[C@H](CC1CC1)NC(=O)[C@@H]1C[C@]2(CC(c3cc(C)c(OC)c(C)c3)=NO2)CN1C(=O)[C@@H](NC(=O)CC1CCCCCC1)C(C)(C)C. The van der Waals surface area contributed by atoms with Crippen LogP contribution < -0.4 is 20.7 Å². The minimum absolute atomic E-state index is 0.0623. The Bertz CT molecular complexity index is 1520. The third-order valence-electron chi connectivity index (χ3n) is 11.0. The lowest BCUT2D eigenvalue weighted by Gasteiger charge is -2.36. The molecule has 2 saturated carbocycles. The first-order valence-corrected chi connectivity index (χ1v) is 18.7. The van der Waals surface area contributed by atoms with Gasteiger partial charge in [-0.25, -0.2) is 0 Å². The van der Waals surface area contributed by atoms with Gasteiger partial charge in [0.1, 0.15) is 17.8 Å². The van der Waals surface area contributed by atoms with Crippen molar-refractivity contribution >= 4 is 35.1 Å². The van der Waals surface area contributed by atoms with Gasteiger partial charge in [-0.15, -0.1) is 0 Å². The van der Waals surface area contributed by atoms with Gasteiger partial charge >= 0.3 is 0 Å². The Morgan fingerprint density at radius 2 is 1.63 bits per heavy atom. The van der Waals surface area contributed by atoms with E-state index < -0.39 is 52.6 Å². The fourth-order valence-electron chi connectivity index (χ4n) is 8.06. The highest BCUT2D eigenvalue weighted by atomic mass is 16.7. The number of ether oxygens (including phenoxy) is 1. The van der Waals surface area contributed by atoms with Crippen molar-refractivity contribution in [3.8, 4) is 5.75 Å². The van der Waals surface area contributed by atoms with E-state index >= 15 is 0 Å². The molecule has 280 valence electrons. The van der Waals surface area contributed by atoms with Crippen molar-refractivity contribution in [3.05, 3.63) is 28.8 Å². The quantitative estimate of drug-likeness (QED) is 0.217. The van der Waals surface area contributed by atoms with Gasteiger partial charge in [0.15, 0.2) is 5.60 Å². The van der Waals surface area contributed by atoms with Gasteiger partial charge in [-0.05, 0) is 73.6 Å². The maximum atomic E-state index is 14.7. The summed E-state index contributed by atoms with van der Waals surface area (Å²) in [4.78, 5) is 75.6. The Labute approximate surface area is 302 Å². The van der Waals surface area contributed by atoms with Gasteiger partial charge in [-0.2, -0.15) is 0 Å². The van der Waals surface area contributed by atoms with Crippen LogP contribution in [0.4, 0.5) is 0 Å². The average molecular weight is 708 g/mol. The molecule has 5 rings (SSSR count). The number of carbonyl (C=O) groups excluding carboxylic acids is 5. The van der Waals surface area contributed by atoms with Crippen LogP contribution in [0.15, 0.2) is 17.3 Å². The van der Waals surface area contributed by atoms with E-state index in [1.165, 1.54) is 24.8 Å². The minimum Gasteiger partial charge on any atom is -0.496 e. The first kappa shape index (κ1) is 38.3. The number of nitrogens with one attached hydrogen (secondary N) is 3. The molecule has 3 fully saturated rings. The van der Waals surface area contributed by atoms with Gasteiger partial charge < -0.3 is 30.4 Å². The van der Waals surface area contributed by atoms with E-state index in [1.54, 1.807) is 7.11 Å². The highest BCUT2D eigenvalue weighted by Gasteiger charge is 2.56. The number of Topliss-reactive ketones (excluding diaryl/α,β-unsaturated/α-hetero) is 1. The van der Waals surface area contributed by atoms with Gasteiger partial charge in [0.05, 0.1) is 25.4 Å². The number of oxime groups is 1. The molecule has 4 amide bonds. The molecule has 0 aromatic heterocycles. The number of benzene rings is 1. The molecule has 2 aliphatic carbocycles. The lowest BCUT2D eigenvalue weighted by Crippen LogP contribution is -2.59. The molecule has 1 spiro atoms. The van der Waals surface area contributed by atoms with Crippen molar-refractivity contribution in [2.24, 2.45) is 22.4 Å². The minimum atomic E-state index is -1.02. The Morgan fingerprint density at radius 3 is 2.20 bits per heavy atom. The summed E-state index contributed by atoms with van der Waals surface area (Å²) in [6.07, 6.45) is 9.63.